The molecule has 0 aliphatic carbocycles. The molecule has 0 saturated heterocycles. The second-order valence-corrected chi connectivity index (χ2v) is 4.19. The molecule has 0 rings (SSSR count). The van der Waals surface area contributed by atoms with Crippen molar-refractivity contribution in [2.24, 2.45) is 0 Å². The SMILES string of the molecule is CCOC(=O)/C=C(\Br)C(C)Br. The van der Waals surface area contributed by atoms with Gasteiger partial charge in [-0.1, -0.05) is 31.9 Å². The number of allylic oxidation sites excluding steroid dienone is 1. The van der Waals surface area contributed by atoms with E-state index >= 15 is 0 Å². The van der Waals surface area contributed by atoms with Crippen molar-refractivity contribution in [3.63, 3.8) is 0 Å². The van der Waals surface area contributed by atoms with Crippen LogP contribution in [0.4, 0.5) is 0 Å². The van der Waals surface area contributed by atoms with E-state index < -0.39 is 0 Å². The van der Waals surface area contributed by atoms with Gasteiger partial charge in [0.05, 0.1) is 6.61 Å². The number of esters is 1. The maximum Gasteiger partial charge on any atom is 0.331 e. The minimum absolute atomic E-state index is 0.145. The average Bonchev–Trinajstić information content (AvgIpc) is 1.87. The summed E-state index contributed by atoms with van der Waals surface area (Å²) in [6.07, 6.45) is 1.42. The molecule has 0 N–H and O–H groups in total. The van der Waals surface area contributed by atoms with Crippen LogP contribution in [0.2, 0.25) is 0 Å². The minimum atomic E-state index is -0.314. The van der Waals surface area contributed by atoms with Gasteiger partial charge in [0.25, 0.3) is 0 Å². The van der Waals surface area contributed by atoms with Crippen LogP contribution in [-0.4, -0.2) is 17.4 Å². The Morgan fingerprint density at radius 3 is 2.64 bits per heavy atom. The molecule has 0 aromatic rings. The van der Waals surface area contributed by atoms with Crippen molar-refractivity contribution in [3.8, 4) is 0 Å². The van der Waals surface area contributed by atoms with Gasteiger partial charge < -0.3 is 4.74 Å². The molecule has 4 heteroatoms. The van der Waals surface area contributed by atoms with Crippen molar-refractivity contribution in [2.75, 3.05) is 6.61 Å². The zero-order chi connectivity index (χ0) is 8.85. The lowest BCUT2D eigenvalue weighted by atomic mass is 10.4. The van der Waals surface area contributed by atoms with E-state index in [2.05, 4.69) is 31.9 Å². The van der Waals surface area contributed by atoms with Crippen LogP contribution in [0.15, 0.2) is 10.6 Å². The van der Waals surface area contributed by atoms with Crippen LogP contribution >= 0.6 is 31.9 Å². The standard InChI is InChI=1S/C7H10Br2O2/c1-3-11-7(10)4-6(9)5(2)8/h4-5H,3H2,1-2H3/b6-4-. The Labute approximate surface area is 83.2 Å². The second kappa shape index (κ2) is 5.77. The predicted octanol–water partition coefficient (Wildman–Crippen LogP) is 2.61. The summed E-state index contributed by atoms with van der Waals surface area (Å²) in [6.45, 7) is 4.10. The quantitative estimate of drug-likeness (QED) is 0.453. The van der Waals surface area contributed by atoms with Crippen molar-refractivity contribution >= 4 is 37.8 Å². The Kier molecular flexibility index (Phi) is 5.86. The van der Waals surface area contributed by atoms with Gasteiger partial charge in [-0.15, -0.1) is 0 Å². The first kappa shape index (κ1) is 11.2. The van der Waals surface area contributed by atoms with Crippen molar-refractivity contribution in [1.82, 2.24) is 0 Å². The highest BCUT2D eigenvalue weighted by molar-refractivity contribution is 9.14. The minimum Gasteiger partial charge on any atom is -0.463 e. The van der Waals surface area contributed by atoms with Crippen LogP contribution in [0.25, 0.3) is 0 Å². The summed E-state index contributed by atoms with van der Waals surface area (Å²) in [7, 11) is 0. The molecule has 0 heterocycles. The summed E-state index contributed by atoms with van der Waals surface area (Å²) >= 11 is 6.52. The summed E-state index contributed by atoms with van der Waals surface area (Å²) in [5.41, 5.74) is 0. The van der Waals surface area contributed by atoms with Crippen LogP contribution in [0.5, 0.6) is 0 Å². The number of carbonyl (C=O) groups is 1. The molecule has 64 valence electrons. The van der Waals surface area contributed by atoms with Gasteiger partial charge in [0.15, 0.2) is 0 Å². The summed E-state index contributed by atoms with van der Waals surface area (Å²) < 4.78 is 5.48. The summed E-state index contributed by atoms with van der Waals surface area (Å²) in [5, 5.41) is 0. The number of alkyl halides is 1. The number of rotatable bonds is 3. The van der Waals surface area contributed by atoms with E-state index in [9.17, 15) is 4.79 Å². The lowest BCUT2D eigenvalue weighted by Gasteiger charge is -2.00. The van der Waals surface area contributed by atoms with Crippen LogP contribution in [0.3, 0.4) is 0 Å². The number of carbonyl (C=O) groups excluding carboxylic acids is 1. The Balaban J connectivity index is 3.97. The van der Waals surface area contributed by atoms with Crippen molar-refractivity contribution in [1.29, 1.82) is 0 Å². The van der Waals surface area contributed by atoms with E-state index in [0.717, 1.165) is 4.48 Å². The third kappa shape index (κ3) is 5.44. The largest absolute Gasteiger partial charge is 0.463 e. The Hall–Kier alpha value is 0.170. The van der Waals surface area contributed by atoms with E-state index in [1.165, 1.54) is 6.08 Å². The van der Waals surface area contributed by atoms with Crippen LogP contribution < -0.4 is 0 Å². The van der Waals surface area contributed by atoms with Gasteiger partial charge in [-0.2, -0.15) is 0 Å². The molecule has 0 aliphatic heterocycles. The number of halogens is 2. The molecule has 0 aromatic heterocycles. The fraction of sp³-hybridized carbons (Fsp3) is 0.571. The molecule has 2 nitrogen and oxygen atoms in total. The first-order valence-corrected chi connectivity index (χ1v) is 4.96. The highest BCUT2D eigenvalue weighted by Gasteiger charge is 2.03. The highest BCUT2D eigenvalue weighted by atomic mass is 79.9. The fourth-order valence-electron chi connectivity index (χ4n) is 0.411. The van der Waals surface area contributed by atoms with E-state index in [0.29, 0.717) is 6.61 Å². The Morgan fingerprint density at radius 1 is 1.73 bits per heavy atom. The average molecular weight is 286 g/mol. The monoisotopic (exact) mass is 284 g/mol. The topological polar surface area (TPSA) is 26.3 Å². The maximum absolute atomic E-state index is 10.8. The molecule has 0 bridgehead atoms. The molecule has 0 spiro atoms. The summed E-state index contributed by atoms with van der Waals surface area (Å²) in [5.74, 6) is -0.314. The van der Waals surface area contributed by atoms with E-state index in [1.807, 2.05) is 6.92 Å². The lowest BCUT2D eigenvalue weighted by Crippen LogP contribution is -2.01. The number of hydrogen-bond donors (Lipinski definition) is 0. The molecule has 0 aliphatic rings. The normalized spacial score (nSPS) is 14.4. The zero-order valence-electron chi connectivity index (χ0n) is 6.43. The van der Waals surface area contributed by atoms with Gasteiger partial charge in [0, 0.05) is 15.4 Å². The van der Waals surface area contributed by atoms with E-state index in [4.69, 9.17) is 4.74 Å². The lowest BCUT2D eigenvalue weighted by molar-refractivity contribution is -0.137. The van der Waals surface area contributed by atoms with Crippen molar-refractivity contribution < 1.29 is 9.53 Å². The number of hydrogen-bond acceptors (Lipinski definition) is 2. The van der Waals surface area contributed by atoms with Crippen molar-refractivity contribution in [2.45, 2.75) is 18.7 Å². The summed E-state index contributed by atoms with van der Waals surface area (Å²) in [6, 6.07) is 0. The molecule has 0 fully saturated rings. The van der Waals surface area contributed by atoms with Gasteiger partial charge in [-0.3, -0.25) is 0 Å². The molecular formula is C7H10Br2O2. The summed E-state index contributed by atoms with van der Waals surface area (Å²) in [4.78, 5) is 11.0. The molecule has 1 unspecified atom stereocenters. The van der Waals surface area contributed by atoms with Gasteiger partial charge in [-0.25, -0.2) is 4.79 Å². The van der Waals surface area contributed by atoms with Gasteiger partial charge in [0.1, 0.15) is 0 Å². The van der Waals surface area contributed by atoms with Crippen LogP contribution in [-0.2, 0) is 9.53 Å². The van der Waals surface area contributed by atoms with Gasteiger partial charge in [-0.05, 0) is 13.8 Å². The molecule has 0 amide bonds. The van der Waals surface area contributed by atoms with Crippen LogP contribution in [0, 0.1) is 0 Å². The van der Waals surface area contributed by atoms with E-state index in [-0.39, 0.29) is 10.8 Å². The molecular weight excluding hydrogens is 276 g/mol. The molecule has 0 aromatic carbocycles. The highest BCUT2D eigenvalue weighted by Crippen LogP contribution is 2.17. The van der Waals surface area contributed by atoms with Gasteiger partial charge in [0.2, 0.25) is 0 Å². The maximum atomic E-state index is 10.8. The molecule has 0 radical (unpaired) electrons. The second-order valence-electron chi connectivity index (χ2n) is 1.90. The Morgan fingerprint density at radius 2 is 2.27 bits per heavy atom. The first-order chi connectivity index (χ1) is 5.07. The molecule has 1 atom stereocenters. The fourth-order valence-corrected chi connectivity index (χ4v) is 0.730. The molecule has 0 saturated carbocycles. The molecule has 11 heavy (non-hydrogen) atoms. The smallest absolute Gasteiger partial charge is 0.331 e. The predicted molar refractivity (Wildman–Crippen MR) is 52.0 cm³/mol. The Bertz CT molecular complexity index is 164. The van der Waals surface area contributed by atoms with E-state index in [1.54, 1.807) is 6.92 Å². The first-order valence-electron chi connectivity index (χ1n) is 3.25. The third-order valence-electron chi connectivity index (χ3n) is 0.922. The van der Waals surface area contributed by atoms with Crippen LogP contribution in [0.1, 0.15) is 13.8 Å². The number of ether oxygens (including phenoxy) is 1. The third-order valence-corrected chi connectivity index (χ3v) is 2.95. The zero-order valence-corrected chi connectivity index (χ0v) is 9.61. The van der Waals surface area contributed by atoms with Crippen molar-refractivity contribution in [3.05, 3.63) is 10.6 Å². The van der Waals surface area contributed by atoms with Gasteiger partial charge >= 0.3 is 5.97 Å².